The third kappa shape index (κ3) is 2.99. The highest BCUT2D eigenvalue weighted by Gasteiger charge is 2.15. The zero-order chi connectivity index (χ0) is 12.0. The van der Waals surface area contributed by atoms with Gasteiger partial charge in [0, 0.05) is 6.54 Å². The fourth-order valence-electron chi connectivity index (χ4n) is 1.71. The lowest BCUT2D eigenvalue weighted by Gasteiger charge is -2.21. The van der Waals surface area contributed by atoms with Crippen molar-refractivity contribution in [3.8, 4) is 0 Å². The summed E-state index contributed by atoms with van der Waals surface area (Å²) in [5, 5.41) is 9.20. The number of unbranched alkanes of at least 4 members (excludes halogenated alkanes) is 1. The van der Waals surface area contributed by atoms with E-state index in [1.807, 2.05) is 31.2 Å². The summed E-state index contributed by atoms with van der Waals surface area (Å²) >= 11 is 0. The van der Waals surface area contributed by atoms with E-state index in [1.54, 1.807) is 0 Å². The van der Waals surface area contributed by atoms with Crippen molar-refractivity contribution in [1.82, 2.24) is 0 Å². The van der Waals surface area contributed by atoms with Crippen LogP contribution in [0.3, 0.4) is 0 Å². The minimum Gasteiger partial charge on any atom is -0.465 e. The largest absolute Gasteiger partial charge is 0.465 e. The molecule has 1 rings (SSSR count). The molecule has 0 spiro atoms. The monoisotopic (exact) mass is 221 g/mol. The van der Waals surface area contributed by atoms with E-state index in [0.29, 0.717) is 6.54 Å². The molecule has 88 valence electrons. The van der Waals surface area contributed by atoms with Crippen LogP contribution >= 0.6 is 0 Å². The Bertz CT molecular complexity index is 350. The molecule has 16 heavy (non-hydrogen) atoms. The molecule has 0 bridgehead atoms. The molecule has 1 N–H and O–H groups in total. The lowest BCUT2D eigenvalue weighted by molar-refractivity contribution is 0.201. The van der Waals surface area contributed by atoms with Gasteiger partial charge in [-0.3, -0.25) is 4.90 Å². The molecule has 3 heteroatoms. The highest BCUT2D eigenvalue weighted by Crippen LogP contribution is 2.21. The molecule has 1 aromatic carbocycles. The van der Waals surface area contributed by atoms with E-state index in [-0.39, 0.29) is 0 Å². The molecule has 1 amide bonds. The number of rotatable bonds is 5. The normalized spacial score (nSPS) is 10.1. The van der Waals surface area contributed by atoms with Crippen LogP contribution in [-0.4, -0.2) is 17.7 Å². The van der Waals surface area contributed by atoms with Crippen LogP contribution < -0.4 is 4.90 Å². The Morgan fingerprint density at radius 2 is 2.00 bits per heavy atom. The fraction of sp³-hybridized carbons (Fsp3) is 0.462. The molecular formula is C13H19NO2. The van der Waals surface area contributed by atoms with Gasteiger partial charge in [0.2, 0.25) is 0 Å². The van der Waals surface area contributed by atoms with E-state index < -0.39 is 6.09 Å². The van der Waals surface area contributed by atoms with Crippen molar-refractivity contribution in [2.75, 3.05) is 11.4 Å². The van der Waals surface area contributed by atoms with Crippen LogP contribution in [0.1, 0.15) is 32.3 Å². The molecule has 0 aliphatic carbocycles. The van der Waals surface area contributed by atoms with Gasteiger partial charge in [-0.25, -0.2) is 4.79 Å². The van der Waals surface area contributed by atoms with Gasteiger partial charge in [-0.1, -0.05) is 38.5 Å². The Balaban J connectivity index is 2.95. The highest BCUT2D eigenvalue weighted by atomic mass is 16.4. The van der Waals surface area contributed by atoms with Crippen LogP contribution in [0.2, 0.25) is 0 Å². The minimum atomic E-state index is -0.866. The molecule has 0 aliphatic rings. The number of aryl methyl sites for hydroxylation is 1. The van der Waals surface area contributed by atoms with Gasteiger partial charge in [0.15, 0.2) is 0 Å². The number of amides is 1. The van der Waals surface area contributed by atoms with Crippen LogP contribution in [0, 0.1) is 0 Å². The summed E-state index contributed by atoms with van der Waals surface area (Å²) in [6, 6.07) is 7.69. The van der Waals surface area contributed by atoms with Crippen LogP contribution in [0.15, 0.2) is 24.3 Å². The molecule has 0 aliphatic heterocycles. The van der Waals surface area contributed by atoms with E-state index in [1.165, 1.54) is 4.90 Å². The topological polar surface area (TPSA) is 40.5 Å². The highest BCUT2D eigenvalue weighted by molar-refractivity contribution is 5.87. The SMILES string of the molecule is CCCCN(C(=O)O)c1ccccc1CC. The van der Waals surface area contributed by atoms with E-state index in [4.69, 9.17) is 0 Å². The van der Waals surface area contributed by atoms with Gasteiger partial charge in [-0.15, -0.1) is 0 Å². The van der Waals surface area contributed by atoms with Gasteiger partial charge in [0.05, 0.1) is 5.69 Å². The smallest absolute Gasteiger partial charge is 0.411 e. The van der Waals surface area contributed by atoms with Gasteiger partial charge in [0.25, 0.3) is 0 Å². The third-order valence-electron chi connectivity index (χ3n) is 2.63. The molecule has 0 atom stereocenters. The van der Waals surface area contributed by atoms with Crippen molar-refractivity contribution in [1.29, 1.82) is 0 Å². The van der Waals surface area contributed by atoms with Gasteiger partial charge in [0.1, 0.15) is 0 Å². The molecule has 0 saturated carbocycles. The van der Waals surface area contributed by atoms with Crippen LogP contribution in [0.4, 0.5) is 10.5 Å². The maximum absolute atomic E-state index is 11.2. The molecule has 1 aromatic rings. The predicted octanol–water partition coefficient (Wildman–Crippen LogP) is 3.53. The Hall–Kier alpha value is -1.51. The number of benzene rings is 1. The summed E-state index contributed by atoms with van der Waals surface area (Å²) in [5.41, 5.74) is 1.91. The number of hydrogen-bond donors (Lipinski definition) is 1. The van der Waals surface area contributed by atoms with Crippen LogP contribution in [-0.2, 0) is 6.42 Å². The summed E-state index contributed by atoms with van der Waals surface area (Å²) in [7, 11) is 0. The van der Waals surface area contributed by atoms with Crippen molar-refractivity contribution in [2.45, 2.75) is 33.1 Å². The second-order valence-electron chi connectivity index (χ2n) is 3.77. The van der Waals surface area contributed by atoms with E-state index >= 15 is 0 Å². The molecule has 0 radical (unpaired) electrons. The number of hydrogen-bond acceptors (Lipinski definition) is 1. The van der Waals surface area contributed by atoms with E-state index in [2.05, 4.69) is 6.92 Å². The molecule has 0 heterocycles. The Labute approximate surface area is 96.7 Å². The molecule has 3 nitrogen and oxygen atoms in total. The summed E-state index contributed by atoms with van der Waals surface area (Å²) in [6.07, 6.45) is 1.88. The number of nitrogens with zero attached hydrogens (tertiary/aromatic N) is 1. The first-order valence-electron chi connectivity index (χ1n) is 5.79. The summed E-state index contributed by atoms with van der Waals surface area (Å²) < 4.78 is 0. The molecule has 0 aromatic heterocycles. The molecule has 0 unspecified atom stereocenters. The van der Waals surface area contributed by atoms with Crippen molar-refractivity contribution in [2.24, 2.45) is 0 Å². The average Bonchev–Trinajstić information content (AvgIpc) is 2.29. The van der Waals surface area contributed by atoms with Gasteiger partial charge >= 0.3 is 6.09 Å². The standard InChI is InChI=1S/C13H19NO2/c1-3-5-10-14(13(15)16)12-9-7-6-8-11(12)4-2/h6-9H,3-5,10H2,1-2H3,(H,15,16). The first kappa shape index (κ1) is 12.6. The quantitative estimate of drug-likeness (QED) is 0.826. The van der Waals surface area contributed by atoms with Crippen molar-refractivity contribution in [3.05, 3.63) is 29.8 Å². The van der Waals surface area contributed by atoms with Crippen LogP contribution in [0.5, 0.6) is 0 Å². The first-order valence-corrected chi connectivity index (χ1v) is 5.79. The average molecular weight is 221 g/mol. The Kier molecular flexibility index (Phi) is 4.83. The Morgan fingerprint density at radius 3 is 2.56 bits per heavy atom. The number of anilines is 1. The summed E-state index contributed by atoms with van der Waals surface area (Å²) in [6.45, 7) is 4.67. The van der Waals surface area contributed by atoms with E-state index in [0.717, 1.165) is 30.5 Å². The van der Waals surface area contributed by atoms with Crippen molar-refractivity contribution in [3.63, 3.8) is 0 Å². The van der Waals surface area contributed by atoms with Crippen molar-refractivity contribution < 1.29 is 9.90 Å². The zero-order valence-corrected chi connectivity index (χ0v) is 9.94. The molecule has 0 fully saturated rings. The lowest BCUT2D eigenvalue weighted by atomic mass is 10.1. The maximum atomic E-state index is 11.2. The van der Waals surface area contributed by atoms with E-state index in [9.17, 15) is 9.90 Å². The minimum absolute atomic E-state index is 0.572. The second-order valence-corrected chi connectivity index (χ2v) is 3.77. The van der Waals surface area contributed by atoms with Crippen LogP contribution in [0.25, 0.3) is 0 Å². The van der Waals surface area contributed by atoms with Gasteiger partial charge < -0.3 is 5.11 Å². The Morgan fingerprint density at radius 1 is 1.31 bits per heavy atom. The third-order valence-corrected chi connectivity index (χ3v) is 2.63. The number of para-hydroxylation sites is 1. The lowest BCUT2D eigenvalue weighted by Crippen LogP contribution is -2.31. The predicted molar refractivity (Wildman–Crippen MR) is 66.1 cm³/mol. The molecule has 0 saturated heterocycles. The van der Waals surface area contributed by atoms with Gasteiger partial charge in [-0.05, 0) is 24.5 Å². The number of carboxylic acid groups (broad SMARTS) is 1. The fourth-order valence-corrected chi connectivity index (χ4v) is 1.71. The van der Waals surface area contributed by atoms with Crippen molar-refractivity contribution >= 4 is 11.8 Å². The molecular weight excluding hydrogens is 202 g/mol. The zero-order valence-electron chi connectivity index (χ0n) is 9.94. The maximum Gasteiger partial charge on any atom is 0.411 e. The summed E-state index contributed by atoms with van der Waals surface area (Å²) in [5.74, 6) is 0. The number of carbonyl (C=O) groups is 1. The van der Waals surface area contributed by atoms with Gasteiger partial charge in [-0.2, -0.15) is 0 Å². The second kappa shape index (κ2) is 6.16. The summed E-state index contributed by atoms with van der Waals surface area (Å²) in [4.78, 5) is 12.6. The first-order chi connectivity index (χ1) is 7.70.